The van der Waals surface area contributed by atoms with Crippen LogP contribution < -0.4 is 4.90 Å². The van der Waals surface area contributed by atoms with Gasteiger partial charge in [0.1, 0.15) is 18.2 Å². The van der Waals surface area contributed by atoms with E-state index >= 15 is 0 Å². The highest BCUT2D eigenvalue weighted by Crippen LogP contribution is 2.30. The third-order valence-corrected chi connectivity index (χ3v) is 3.22. The lowest BCUT2D eigenvalue weighted by Crippen LogP contribution is -2.38. The van der Waals surface area contributed by atoms with Crippen LogP contribution in [-0.4, -0.2) is 44.4 Å². The second kappa shape index (κ2) is 7.04. The molecule has 0 aliphatic carbocycles. The maximum atomic E-state index is 13.7. The molecule has 128 valence electrons. The highest BCUT2D eigenvalue weighted by Gasteiger charge is 2.33. The molecule has 9 nitrogen and oxygen atoms in total. The molecular formula is C14H13FN2O7. The molecule has 24 heavy (non-hydrogen) atoms. The average molecular weight is 340 g/mol. The normalized spacial score (nSPS) is 14.4. The van der Waals surface area contributed by atoms with Crippen molar-refractivity contribution in [3.05, 3.63) is 45.4 Å². The Hall–Kier alpha value is -3.01. The van der Waals surface area contributed by atoms with Crippen LogP contribution >= 0.6 is 0 Å². The standard InChI is InChI=1S/C14H13FN2O7/c1-22-13(18)11-6-24-7-16(12(11)14(19)23-2)9-3-8(15)4-10(5-9)17(20)21/h3-5H,6-7H2,1-2H3. The molecule has 0 radical (unpaired) electrons. The molecule has 0 N–H and O–H groups in total. The van der Waals surface area contributed by atoms with Crippen LogP contribution in [-0.2, 0) is 23.8 Å². The van der Waals surface area contributed by atoms with Gasteiger partial charge in [0.25, 0.3) is 5.69 Å². The SMILES string of the molecule is COC(=O)C1=C(C(=O)OC)N(c2cc(F)cc([N+](=O)[O-])c2)COC1. The van der Waals surface area contributed by atoms with Crippen LogP contribution in [0.15, 0.2) is 29.5 Å². The van der Waals surface area contributed by atoms with E-state index in [1.165, 1.54) is 0 Å². The first-order valence-electron chi connectivity index (χ1n) is 6.59. The van der Waals surface area contributed by atoms with Crippen LogP contribution in [0.25, 0.3) is 0 Å². The minimum Gasteiger partial charge on any atom is -0.466 e. The maximum Gasteiger partial charge on any atom is 0.355 e. The zero-order chi connectivity index (χ0) is 17.9. The molecule has 0 amide bonds. The van der Waals surface area contributed by atoms with Crippen LogP contribution in [0, 0.1) is 15.9 Å². The monoisotopic (exact) mass is 340 g/mol. The molecule has 0 bridgehead atoms. The Morgan fingerprint density at radius 2 is 1.92 bits per heavy atom. The number of nitrogens with zero attached hydrogens (tertiary/aromatic N) is 2. The number of halogens is 1. The lowest BCUT2D eigenvalue weighted by Gasteiger charge is -2.31. The summed E-state index contributed by atoms with van der Waals surface area (Å²) in [5.41, 5.74) is -0.916. The highest BCUT2D eigenvalue weighted by molar-refractivity contribution is 6.03. The van der Waals surface area contributed by atoms with Gasteiger partial charge in [-0.15, -0.1) is 0 Å². The van der Waals surface area contributed by atoms with Crippen molar-refractivity contribution in [3.8, 4) is 0 Å². The van der Waals surface area contributed by atoms with Crippen molar-refractivity contribution < 1.29 is 33.1 Å². The van der Waals surface area contributed by atoms with E-state index in [1.807, 2.05) is 0 Å². The molecule has 0 aromatic heterocycles. The van der Waals surface area contributed by atoms with E-state index in [-0.39, 0.29) is 30.3 Å². The fourth-order valence-electron chi connectivity index (χ4n) is 2.17. The van der Waals surface area contributed by atoms with E-state index in [0.29, 0.717) is 0 Å². The van der Waals surface area contributed by atoms with Crippen molar-refractivity contribution >= 4 is 23.3 Å². The molecule has 1 aliphatic heterocycles. The number of ether oxygens (including phenoxy) is 3. The van der Waals surface area contributed by atoms with Crippen molar-refractivity contribution in [1.82, 2.24) is 0 Å². The Bertz CT molecular complexity index is 732. The third kappa shape index (κ3) is 3.33. The summed E-state index contributed by atoms with van der Waals surface area (Å²) in [4.78, 5) is 35.1. The van der Waals surface area contributed by atoms with Gasteiger partial charge in [-0.1, -0.05) is 0 Å². The lowest BCUT2D eigenvalue weighted by molar-refractivity contribution is -0.385. The van der Waals surface area contributed by atoms with Crippen molar-refractivity contribution in [1.29, 1.82) is 0 Å². The first-order valence-corrected chi connectivity index (χ1v) is 6.59. The van der Waals surface area contributed by atoms with E-state index in [4.69, 9.17) is 4.74 Å². The molecule has 2 rings (SSSR count). The average Bonchev–Trinajstić information content (AvgIpc) is 2.59. The summed E-state index contributed by atoms with van der Waals surface area (Å²) in [6, 6.07) is 2.76. The number of esters is 2. The summed E-state index contributed by atoms with van der Waals surface area (Å²) >= 11 is 0. The van der Waals surface area contributed by atoms with E-state index in [1.54, 1.807) is 0 Å². The minimum atomic E-state index is -0.884. The lowest BCUT2D eigenvalue weighted by atomic mass is 10.1. The number of carbonyl (C=O) groups excluding carboxylic acids is 2. The molecule has 0 unspecified atom stereocenters. The first-order chi connectivity index (χ1) is 11.4. The number of nitro benzene ring substituents is 1. The second-order valence-corrected chi connectivity index (χ2v) is 4.64. The van der Waals surface area contributed by atoms with E-state index in [2.05, 4.69) is 9.47 Å². The summed E-state index contributed by atoms with van der Waals surface area (Å²) in [5.74, 6) is -2.59. The maximum absolute atomic E-state index is 13.7. The Kier molecular flexibility index (Phi) is 5.09. The van der Waals surface area contributed by atoms with Gasteiger partial charge in [0, 0.05) is 6.07 Å². The molecule has 10 heteroatoms. The van der Waals surface area contributed by atoms with E-state index in [0.717, 1.165) is 37.3 Å². The molecule has 1 aliphatic rings. The second-order valence-electron chi connectivity index (χ2n) is 4.64. The number of carbonyl (C=O) groups is 2. The van der Waals surface area contributed by atoms with Crippen molar-refractivity contribution in [2.45, 2.75) is 0 Å². The summed E-state index contributed by atoms with van der Waals surface area (Å²) in [6.07, 6.45) is 0. The van der Waals surface area contributed by atoms with Gasteiger partial charge < -0.3 is 19.1 Å². The van der Waals surface area contributed by atoms with E-state index < -0.39 is 28.4 Å². The largest absolute Gasteiger partial charge is 0.466 e. The van der Waals surface area contributed by atoms with Crippen molar-refractivity contribution in [2.75, 3.05) is 32.5 Å². The minimum absolute atomic E-state index is 0.0387. The first kappa shape index (κ1) is 17.3. The van der Waals surface area contributed by atoms with Gasteiger partial charge in [0.15, 0.2) is 0 Å². The summed E-state index contributed by atoms with van der Waals surface area (Å²) in [6.45, 7) is -0.448. The van der Waals surface area contributed by atoms with Crippen molar-refractivity contribution in [2.24, 2.45) is 0 Å². The molecular weight excluding hydrogens is 327 g/mol. The summed E-state index contributed by atoms with van der Waals surface area (Å²) < 4.78 is 28.1. The number of benzene rings is 1. The third-order valence-electron chi connectivity index (χ3n) is 3.22. The number of hydrogen-bond donors (Lipinski definition) is 0. The van der Waals surface area contributed by atoms with E-state index in [9.17, 15) is 24.1 Å². The van der Waals surface area contributed by atoms with Crippen LogP contribution in [0.2, 0.25) is 0 Å². The molecule has 0 fully saturated rings. The predicted molar refractivity (Wildman–Crippen MR) is 77.4 cm³/mol. The zero-order valence-electron chi connectivity index (χ0n) is 12.8. The molecule has 0 saturated heterocycles. The Labute approximate surface area is 135 Å². The predicted octanol–water partition coefficient (Wildman–Crippen LogP) is 1.13. The highest BCUT2D eigenvalue weighted by atomic mass is 19.1. The smallest absolute Gasteiger partial charge is 0.355 e. The van der Waals surface area contributed by atoms with Gasteiger partial charge >= 0.3 is 11.9 Å². The van der Waals surface area contributed by atoms with Gasteiger partial charge in [-0.2, -0.15) is 0 Å². The molecule has 1 aromatic rings. The van der Waals surface area contributed by atoms with Gasteiger partial charge in [-0.25, -0.2) is 14.0 Å². The number of rotatable bonds is 4. The van der Waals surface area contributed by atoms with Crippen LogP contribution in [0.1, 0.15) is 0 Å². The summed E-state index contributed by atoms with van der Waals surface area (Å²) in [7, 11) is 2.22. The Morgan fingerprint density at radius 3 is 2.50 bits per heavy atom. The van der Waals surface area contributed by atoms with Crippen LogP contribution in [0.5, 0.6) is 0 Å². The number of anilines is 1. The zero-order valence-corrected chi connectivity index (χ0v) is 12.8. The number of non-ortho nitro benzene ring substituents is 1. The number of hydrogen-bond acceptors (Lipinski definition) is 8. The van der Waals surface area contributed by atoms with Crippen LogP contribution in [0.4, 0.5) is 15.8 Å². The van der Waals surface area contributed by atoms with Crippen molar-refractivity contribution in [3.63, 3.8) is 0 Å². The molecule has 0 spiro atoms. The number of nitro groups is 1. The summed E-state index contributed by atoms with van der Waals surface area (Å²) in [5, 5.41) is 10.9. The van der Waals surface area contributed by atoms with Gasteiger partial charge in [0.2, 0.25) is 0 Å². The topological polar surface area (TPSA) is 108 Å². The van der Waals surface area contributed by atoms with Gasteiger partial charge in [-0.05, 0) is 6.07 Å². The molecule has 0 atom stereocenters. The van der Waals surface area contributed by atoms with Gasteiger partial charge in [-0.3, -0.25) is 10.1 Å². The quantitative estimate of drug-likeness (QED) is 0.456. The Morgan fingerprint density at radius 1 is 1.25 bits per heavy atom. The fourth-order valence-corrected chi connectivity index (χ4v) is 2.17. The fraction of sp³-hybridized carbons (Fsp3) is 0.286. The van der Waals surface area contributed by atoms with Crippen LogP contribution in [0.3, 0.4) is 0 Å². The molecule has 0 saturated carbocycles. The number of methoxy groups -OCH3 is 2. The molecule has 1 heterocycles. The molecule has 1 aromatic carbocycles. The Balaban J connectivity index is 2.61. The van der Waals surface area contributed by atoms with Gasteiger partial charge in [0.05, 0.1) is 43.1 Å².